The smallest absolute Gasteiger partial charge is 0.138 e. The molecule has 0 radical (unpaired) electrons. The molecule has 0 aromatic heterocycles. The molecule has 0 spiro atoms. The Bertz CT molecular complexity index is 430. The zero-order valence-corrected chi connectivity index (χ0v) is 12.3. The maximum atomic E-state index is 9.90. The van der Waals surface area contributed by atoms with E-state index in [2.05, 4.69) is 5.32 Å². The summed E-state index contributed by atoms with van der Waals surface area (Å²) in [6.45, 7) is 4.78. The molecule has 1 fully saturated rings. The molecule has 1 aliphatic carbocycles. The highest BCUT2D eigenvalue weighted by atomic mass is 35.5. The van der Waals surface area contributed by atoms with Crippen LogP contribution in [0.3, 0.4) is 0 Å². The Balaban J connectivity index is 1.90. The minimum Gasteiger partial charge on any atom is -0.489 e. The second kappa shape index (κ2) is 6.12. The minimum atomic E-state index is -0.810. The largest absolute Gasteiger partial charge is 0.489 e. The van der Waals surface area contributed by atoms with Crippen molar-refractivity contribution in [1.29, 1.82) is 0 Å². The standard InChI is InChI=1S/C15H22ClNO2/c1-3-15(2,18)10-19-14-7-4-11(8-13(14)16)9-17-12-5-6-12/h4,7-8,12,17-18H,3,5-6,9-10H2,1-2H3. The van der Waals surface area contributed by atoms with Crippen molar-refractivity contribution < 1.29 is 9.84 Å². The molecular formula is C15H22ClNO2. The maximum absolute atomic E-state index is 9.90. The summed E-state index contributed by atoms with van der Waals surface area (Å²) in [7, 11) is 0. The summed E-state index contributed by atoms with van der Waals surface area (Å²) in [4.78, 5) is 0. The summed E-state index contributed by atoms with van der Waals surface area (Å²) < 4.78 is 5.58. The average Bonchev–Trinajstić information content (AvgIpc) is 3.19. The molecule has 19 heavy (non-hydrogen) atoms. The van der Waals surface area contributed by atoms with E-state index in [1.807, 2.05) is 25.1 Å². The lowest BCUT2D eigenvalue weighted by molar-refractivity contribution is 0.00850. The Kier molecular flexibility index (Phi) is 4.71. The zero-order valence-electron chi connectivity index (χ0n) is 11.6. The Morgan fingerprint density at radius 3 is 2.79 bits per heavy atom. The third kappa shape index (κ3) is 4.68. The fourth-order valence-electron chi connectivity index (χ4n) is 1.66. The van der Waals surface area contributed by atoms with Crippen LogP contribution in [0, 0.1) is 0 Å². The van der Waals surface area contributed by atoms with Crippen LogP contribution in [0.4, 0.5) is 0 Å². The molecule has 1 aliphatic rings. The normalized spacial score (nSPS) is 18.1. The monoisotopic (exact) mass is 283 g/mol. The van der Waals surface area contributed by atoms with Crippen molar-refractivity contribution in [3.63, 3.8) is 0 Å². The molecule has 0 aliphatic heterocycles. The van der Waals surface area contributed by atoms with Gasteiger partial charge < -0.3 is 15.2 Å². The molecule has 3 nitrogen and oxygen atoms in total. The first-order valence-corrected chi connectivity index (χ1v) is 7.25. The predicted molar refractivity (Wildman–Crippen MR) is 77.7 cm³/mol. The van der Waals surface area contributed by atoms with Gasteiger partial charge >= 0.3 is 0 Å². The van der Waals surface area contributed by atoms with Crippen LogP contribution in [-0.2, 0) is 6.54 Å². The van der Waals surface area contributed by atoms with Crippen LogP contribution >= 0.6 is 11.6 Å². The van der Waals surface area contributed by atoms with Gasteiger partial charge in [-0.2, -0.15) is 0 Å². The van der Waals surface area contributed by atoms with Gasteiger partial charge in [0.2, 0.25) is 0 Å². The van der Waals surface area contributed by atoms with Gasteiger partial charge in [-0.05, 0) is 43.9 Å². The summed E-state index contributed by atoms with van der Waals surface area (Å²) in [5, 5.41) is 13.9. The van der Waals surface area contributed by atoms with Gasteiger partial charge in [-0.25, -0.2) is 0 Å². The van der Waals surface area contributed by atoms with E-state index in [1.54, 1.807) is 6.92 Å². The predicted octanol–water partition coefficient (Wildman–Crippen LogP) is 3.13. The molecule has 106 valence electrons. The number of aliphatic hydroxyl groups is 1. The van der Waals surface area contributed by atoms with E-state index in [0.717, 1.165) is 12.1 Å². The molecule has 1 saturated carbocycles. The quantitative estimate of drug-likeness (QED) is 0.808. The number of ether oxygens (including phenoxy) is 1. The number of benzene rings is 1. The summed E-state index contributed by atoms with van der Waals surface area (Å²) in [5.41, 5.74) is 0.349. The topological polar surface area (TPSA) is 41.5 Å². The molecule has 1 aromatic carbocycles. The molecule has 2 rings (SSSR count). The van der Waals surface area contributed by atoms with Crippen molar-refractivity contribution in [2.24, 2.45) is 0 Å². The molecule has 1 aromatic rings. The van der Waals surface area contributed by atoms with Gasteiger partial charge in [0.25, 0.3) is 0 Å². The summed E-state index contributed by atoms with van der Waals surface area (Å²) >= 11 is 6.20. The van der Waals surface area contributed by atoms with E-state index in [4.69, 9.17) is 16.3 Å². The van der Waals surface area contributed by atoms with Gasteiger partial charge in [0.05, 0.1) is 10.6 Å². The SMILES string of the molecule is CCC(C)(O)COc1ccc(CNC2CC2)cc1Cl. The lowest BCUT2D eigenvalue weighted by Gasteiger charge is -2.22. The van der Waals surface area contributed by atoms with Crippen LogP contribution in [0.5, 0.6) is 5.75 Å². The van der Waals surface area contributed by atoms with Crippen LogP contribution in [0.15, 0.2) is 18.2 Å². The van der Waals surface area contributed by atoms with Gasteiger partial charge in [0, 0.05) is 12.6 Å². The molecular weight excluding hydrogens is 262 g/mol. The van der Waals surface area contributed by atoms with Crippen molar-refractivity contribution in [1.82, 2.24) is 5.32 Å². The molecule has 0 bridgehead atoms. The summed E-state index contributed by atoms with van der Waals surface area (Å²) in [6, 6.07) is 6.50. The van der Waals surface area contributed by atoms with Crippen molar-refractivity contribution >= 4 is 11.6 Å². The Labute approximate surface area is 119 Å². The number of rotatable bonds is 7. The van der Waals surface area contributed by atoms with Crippen LogP contribution in [0.1, 0.15) is 38.7 Å². The number of hydrogen-bond donors (Lipinski definition) is 2. The first-order valence-electron chi connectivity index (χ1n) is 6.87. The van der Waals surface area contributed by atoms with Gasteiger partial charge in [0.15, 0.2) is 0 Å². The van der Waals surface area contributed by atoms with Gasteiger partial charge in [-0.1, -0.05) is 24.6 Å². The van der Waals surface area contributed by atoms with E-state index < -0.39 is 5.60 Å². The van der Waals surface area contributed by atoms with E-state index in [0.29, 0.717) is 23.2 Å². The zero-order chi connectivity index (χ0) is 13.9. The van der Waals surface area contributed by atoms with E-state index >= 15 is 0 Å². The Morgan fingerprint density at radius 2 is 2.21 bits per heavy atom. The van der Waals surface area contributed by atoms with E-state index in [9.17, 15) is 5.11 Å². The van der Waals surface area contributed by atoms with Gasteiger partial charge in [-0.15, -0.1) is 0 Å². The summed E-state index contributed by atoms with van der Waals surface area (Å²) in [5.74, 6) is 0.630. The van der Waals surface area contributed by atoms with Crippen LogP contribution in [0.25, 0.3) is 0 Å². The highest BCUT2D eigenvalue weighted by Crippen LogP contribution is 2.27. The number of nitrogens with one attached hydrogen (secondary N) is 1. The fraction of sp³-hybridized carbons (Fsp3) is 0.600. The van der Waals surface area contributed by atoms with E-state index in [1.165, 1.54) is 12.8 Å². The molecule has 0 heterocycles. The average molecular weight is 284 g/mol. The summed E-state index contributed by atoms with van der Waals surface area (Å²) in [6.07, 6.45) is 3.20. The van der Waals surface area contributed by atoms with Crippen LogP contribution < -0.4 is 10.1 Å². The molecule has 2 N–H and O–H groups in total. The van der Waals surface area contributed by atoms with Gasteiger partial charge in [0.1, 0.15) is 12.4 Å². The molecule has 4 heteroatoms. The minimum absolute atomic E-state index is 0.253. The molecule has 1 unspecified atom stereocenters. The fourth-order valence-corrected chi connectivity index (χ4v) is 1.91. The second-order valence-electron chi connectivity index (χ2n) is 5.56. The highest BCUT2D eigenvalue weighted by molar-refractivity contribution is 6.32. The Hall–Kier alpha value is -0.770. The molecule has 0 saturated heterocycles. The highest BCUT2D eigenvalue weighted by Gasteiger charge is 2.21. The van der Waals surface area contributed by atoms with Crippen molar-refractivity contribution in [3.05, 3.63) is 28.8 Å². The van der Waals surface area contributed by atoms with Crippen LogP contribution in [-0.4, -0.2) is 23.4 Å². The molecule has 0 amide bonds. The Morgan fingerprint density at radius 1 is 1.47 bits per heavy atom. The van der Waals surface area contributed by atoms with Crippen molar-refractivity contribution in [2.45, 2.75) is 51.3 Å². The van der Waals surface area contributed by atoms with Gasteiger partial charge in [-0.3, -0.25) is 0 Å². The third-order valence-electron chi connectivity index (χ3n) is 3.47. The lowest BCUT2D eigenvalue weighted by Crippen LogP contribution is -2.31. The number of halogens is 1. The lowest BCUT2D eigenvalue weighted by atomic mass is 10.1. The third-order valence-corrected chi connectivity index (χ3v) is 3.76. The van der Waals surface area contributed by atoms with E-state index in [-0.39, 0.29) is 6.61 Å². The molecule has 1 atom stereocenters. The van der Waals surface area contributed by atoms with Crippen LogP contribution in [0.2, 0.25) is 5.02 Å². The number of hydrogen-bond acceptors (Lipinski definition) is 3. The van der Waals surface area contributed by atoms with Crippen molar-refractivity contribution in [3.8, 4) is 5.75 Å². The van der Waals surface area contributed by atoms with Crippen molar-refractivity contribution in [2.75, 3.05) is 6.61 Å². The second-order valence-corrected chi connectivity index (χ2v) is 5.97. The first-order chi connectivity index (χ1) is 9.00. The first kappa shape index (κ1) is 14.6. The maximum Gasteiger partial charge on any atom is 0.138 e.